The minimum absolute atomic E-state index is 0.0914. The lowest BCUT2D eigenvalue weighted by molar-refractivity contribution is -0.122. The van der Waals surface area contributed by atoms with Gasteiger partial charge in [-0.25, -0.2) is 8.42 Å². The summed E-state index contributed by atoms with van der Waals surface area (Å²) in [5.74, 6) is 0.259. The summed E-state index contributed by atoms with van der Waals surface area (Å²) in [6.45, 7) is 5.06. The summed E-state index contributed by atoms with van der Waals surface area (Å²) in [7, 11) is -2.31. The molecule has 2 N–H and O–H groups in total. The molecule has 0 fully saturated rings. The van der Waals surface area contributed by atoms with Crippen LogP contribution in [0.4, 0.5) is 0 Å². The highest BCUT2D eigenvalue weighted by Crippen LogP contribution is 2.22. The van der Waals surface area contributed by atoms with Crippen LogP contribution in [-0.2, 0) is 26.0 Å². The fraction of sp³-hybridized carbons (Fsp3) is 0.409. The predicted octanol–water partition coefficient (Wildman–Crippen LogP) is 2.44. The highest BCUT2D eigenvalue weighted by molar-refractivity contribution is 7.89. The van der Waals surface area contributed by atoms with Gasteiger partial charge in [-0.1, -0.05) is 30.3 Å². The molecular formula is C22H30N2O5S. The Labute approximate surface area is 178 Å². The van der Waals surface area contributed by atoms with Gasteiger partial charge < -0.3 is 14.8 Å². The Morgan fingerprint density at radius 3 is 2.50 bits per heavy atom. The van der Waals surface area contributed by atoms with Crippen molar-refractivity contribution in [2.75, 3.05) is 26.9 Å². The summed E-state index contributed by atoms with van der Waals surface area (Å²) < 4.78 is 39.0. The van der Waals surface area contributed by atoms with Crippen molar-refractivity contribution < 1.29 is 22.7 Å². The summed E-state index contributed by atoms with van der Waals surface area (Å²) in [5.41, 5.74) is 1.57. The molecule has 1 amide bonds. The topological polar surface area (TPSA) is 93.7 Å². The van der Waals surface area contributed by atoms with E-state index in [1.165, 1.54) is 6.07 Å². The van der Waals surface area contributed by atoms with Crippen LogP contribution in [0, 0.1) is 6.92 Å². The van der Waals surface area contributed by atoms with Crippen molar-refractivity contribution in [2.24, 2.45) is 0 Å². The number of hydrogen-bond acceptors (Lipinski definition) is 5. The molecule has 0 aromatic heterocycles. The van der Waals surface area contributed by atoms with Crippen LogP contribution in [-0.4, -0.2) is 47.2 Å². The zero-order valence-electron chi connectivity index (χ0n) is 17.7. The van der Waals surface area contributed by atoms with E-state index in [-0.39, 0.29) is 17.2 Å². The van der Waals surface area contributed by atoms with Gasteiger partial charge >= 0.3 is 0 Å². The van der Waals surface area contributed by atoms with Crippen molar-refractivity contribution in [3.63, 3.8) is 0 Å². The normalized spacial score (nSPS) is 12.4. The number of hydrogen-bond donors (Lipinski definition) is 2. The lowest BCUT2D eigenvalue weighted by Crippen LogP contribution is -2.48. The van der Waals surface area contributed by atoms with Gasteiger partial charge in [-0.3, -0.25) is 4.79 Å². The first kappa shape index (κ1) is 23.9. The second-order valence-corrected chi connectivity index (χ2v) is 8.58. The number of benzene rings is 2. The molecule has 0 aliphatic heterocycles. The SMILES string of the molecule is CCOc1ccc(S(=O)(=O)NC(Cc2ccccc2)C(=O)NCCCOC)cc1C. The first-order valence-corrected chi connectivity index (χ1v) is 11.4. The van der Waals surface area contributed by atoms with Gasteiger partial charge in [0.2, 0.25) is 15.9 Å². The number of amides is 1. The van der Waals surface area contributed by atoms with Crippen molar-refractivity contribution in [2.45, 2.75) is 37.6 Å². The molecule has 7 nitrogen and oxygen atoms in total. The van der Waals surface area contributed by atoms with Crippen molar-refractivity contribution in [3.8, 4) is 5.75 Å². The molecule has 0 saturated carbocycles. The molecule has 8 heteroatoms. The zero-order valence-corrected chi connectivity index (χ0v) is 18.5. The third kappa shape index (κ3) is 7.12. The predicted molar refractivity (Wildman–Crippen MR) is 116 cm³/mol. The molecule has 0 spiro atoms. The molecule has 164 valence electrons. The number of sulfonamides is 1. The number of methoxy groups -OCH3 is 1. The Balaban J connectivity index is 2.20. The average molecular weight is 435 g/mol. The third-order valence-electron chi connectivity index (χ3n) is 4.48. The second kappa shape index (κ2) is 11.7. The summed E-state index contributed by atoms with van der Waals surface area (Å²) in [6.07, 6.45) is 0.886. The van der Waals surface area contributed by atoms with Crippen LogP contribution < -0.4 is 14.8 Å². The second-order valence-electron chi connectivity index (χ2n) is 6.86. The number of rotatable bonds is 12. The summed E-state index contributed by atoms with van der Waals surface area (Å²) in [5, 5.41) is 2.78. The first-order chi connectivity index (χ1) is 14.4. The average Bonchev–Trinajstić information content (AvgIpc) is 2.72. The quantitative estimate of drug-likeness (QED) is 0.501. The number of ether oxygens (including phenoxy) is 2. The molecule has 0 aliphatic rings. The van der Waals surface area contributed by atoms with Crippen molar-refractivity contribution in [1.82, 2.24) is 10.0 Å². The molecule has 0 saturated heterocycles. The maximum Gasteiger partial charge on any atom is 0.241 e. The van der Waals surface area contributed by atoms with E-state index in [0.717, 1.165) is 5.56 Å². The number of carbonyl (C=O) groups excluding carboxylic acids is 1. The van der Waals surface area contributed by atoms with Crippen molar-refractivity contribution in [3.05, 3.63) is 59.7 Å². The Bertz CT molecular complexity index is 916. The molecule has 2 aromatic carbocycles. The molecule has 0 radical (unpaired) electrons. The highest BCUT2D eigenvalue weighted by atomic mass is 32.2. The molecule has 1 unspecified atom stereocenters. The monoisotopic (exact) mass is 434 g/mol. The van der Waals surface area contributed by atoms with Crippen LogP contribution in [0.15, 0.2) is 53.4 Å². The van der Waals surface area contributed by atoms with Crippen LogP contribution >= 0.6 is 0 Å². The van der Waals surface area contributed by atoms with E-state index < -0.39 is 16.1 Å². The smallest absolute Gasteiger partial charge is 0.241 e. The lowest BCUT2D eigenvalue weighted by atomic mass is 10.1. The minimum Gasteiger partial charge on any atom is -0.494 e. The van der Waals surface area contributed by atoms with Gasteiger partial charge in [0, 0.05) is 20.3 Å². The van der Waals surface area contributed by atoms with E-state index >= 15 is 0 Å². The molecule has 30 heavy (non-hydrogen) atoms. The number of carbonyl (C=O) groups is 1. The van der Waals surface area contributed by atoms with E-state index in [1.807, 2.05) is 37.3 Å². The van der Waals surface area contributed by atoms with E-state index in [9.17, 15) is 13.2 Å². The van der Waals surface area contributed by atoms with Crippen molar-refractivity contribution >= 4 is 15.9 Å². The molecule has 0 heterocycles. The molecule has 0 aliphatic carbocycles. The van der Waals surface area contributed by atoms with Crippen LogP contribution in [0.1, 0.15) is 24.5 Å². The zero-order chi connectivity index (χ0) is 22.0. The maximum absolute atomic E-state index is 13.0. The standard InChI is InChI=1S/C22H30N2O5S/c1-4-29-21-12-11-19(15-17(21)2)30(26,27)24-20(16-18-9-6-5-7-10-18)22(25)23-13-8-14-28-3/h5-7,9-12,15,20,24H,4,8,13-14,16H2,1-3H3,(H,23,25). The lowest BCUT2D eigenvalue weighted by Gasteiger charge is -2.19. The van der Waals surface area contributed by atoms with Gasteiger partial charge in [0.1, 0.15) is 11.8 Å². The van der Waals surface area contributed by atoms with Crippen LogP contribution in [0.3, 0.4) is 0 Å². The Morgan fingerprint density at radius 1 is 1.13 bits per heavy atom. The Kier molecular flexibility index (Phi) is 9.29. The fourth-order valence-corrected chi connectivity index (χ4v) is 4.23. The van der Waals surface area contributed by atoms with Gasteiger partial charge in [0.25, 0.3) is 0 Å². The summed E-state index contributed by atoms with van der Waals surface area (Å²) in [4.78, 5) is 12.8. The Morgan fingerprint density at radius 2 is 1.87 bits per heavy atom. The first-order valence-electron chi connectivity index (χ1n) is 9.93. The molecule has 0 bridgehead atoms. The summed E-state index contributed by atoms with van der Waals surface area (Å²) >= 11 is 0. The van der Waals surface area contributed by atoms with Gasteiger partial charge in [0.05, 0.1) is 11.5 Å². The van der Waals surface area contributed by atoms with Gasteiger partial charge in [0.15, 0.2) is 0 Å². The number of nitrogens with one attached hydrogen (secondary N) is 2. The fourth-order valence-electron chi connectivity index (χ4n) is 2.95. The highest BCUT2D eigenvalue weighted by Gasteiger charge is 2.26. The number of aryl methyl sites for hydroxylation is 1. The minimum atomic E-state index is -3.91. The van der Waals surface area contributed by atoms with Gasteiger partial charge in [-0.05, 0) is 56.0 Å². The Hall–Kier alpha value is -2.42. The maximum atomic E-state index is 13.0. The van der Waals surface area contributed by atoms with Crippen LogP contribution in [0.2, 0.25) is 0 Å². The molecule has 2 rings (SSSR count). The van der Waals surface area contributed by atoms with Gasteiger partial charge in [-0.2, -0.15) is 4.72 Å². The largest absolute Gasteiger partial charge is 0.494 e. The third-order valence-corrected chi connectivity index (χ3v) is 5.95. The van der Waals surface area contributed by atoms with Crippen LogP contribution in [0.5, 0.6) is 5.75 Å². The van der Waals surface area contributed by atoms with Crippen molar-refractivity contribution in [1.29, 1.82) is 0 Å². The van der Waals surface area contributed by atoms with E-state index in [4.69, 9.17) is 9.47 Å². The molecule has 1 atom stereocenters. The van der Waals surface area contributed by atoms with E-state index in [1.54, 1.807) is 26.2 Å². The molecular weight excluding hydrogens is 404 g/mol. The van der Waals surface area contributed by atoms with E-state index in [0.29, 0.717) is 37.5 Å². The van der Waals surface area contributed by atoms with Crippen LogP contribution in [0.25, 0.3) is 0 Å². The van der Waals surface area contributed by atoms with Gasteiger partial charge in [-0.15, -0.1) is 0 Å². The molecule has 2 aromatic rings. The van der Waals surface area contributed by atoms with E-state index in [2.05, 4.69) is 10.0 Å². The summed E-state index contributed by atoms with van der Waals surface area (Å²) in [6, 6.07) is 13.0.